The second kappa shape index (κ2) is 9.16. The molecule has 0 aliphatic heterocycles. The maximum Gasteiger partial charge on any atom is 0.161 e. The molecule has 0 fully saturated rings. The molecule has 0 bridgehead atoms. The van der Waals surface area contributed by atoms with Crippen molar-refractivity contribution in [2.24, 2.45) is 0 Å². The molecule has 0 aromatic heterocycles. The van der Waals surface area contributed by atoms with E-state index in [2.05, 4.69) is 19.2 Å². The smallest absolute Gasteiger partial charge is 0.161 e. The molecule has 2 aromatic rings. The van der Waals surface area contributed by atoms with Crippen LogP contribution in [0.5, 0.6) is 11.5 Å². The molecule has 5 heteroatoms. The van der Waals surface area contributed by atoms with Crippen LogP contribution in [0.25, 0.3) is 0 Å². The van der Waals surface area contributed by atoms with Crippen LogP contribution in [0.1, 0.15) is 31.4 Å². The topological polar surface area (TPSA) is 30.5 Å². The fourth-order valence-corrected chi connectivity index (χ4v) is 2.63. The molecule has 0 amide bonds. The van der Waals surface area contributed by atoms with Crippen LogP contribution in [0.2, 0.25) is 10.0 Å². The molecule has 2 aromatic carbocycles. The van der Waals surface area contributed by atoms with E-state index in [-0.39, 0.29) is 0 Å². The molecule has 1 N–H and O–H groups in total. The Labute approximate surface area is 153 Å². The average Bonchev–Trinajstić information content (AvgIpc) is 2.59. The SMILES string of the molecule is CC[C@H](C)NCc1ccc(OCc2ccc(Cl)cc2Cl)c(OC)c1. The van der Waals surface area contributed by atoms with Gasteiger partial charge in [-0.05, 0) is 43.2 Å². The van der Waals surface area contributed by atoms with Crippen LogP contribution in [0, 0.1) is 0 Å². The lowest BCUT2D eigenvalue weighted by Crippen LogP contribution is -2.24. The summed E-state index contributed by atoms with van der Waals surface area (Å²) in [4.78, 5) is 0. The van der Waals surface area contributed by atoms with Crippen molar-refractivity contribution in [2.75, 3.05) is 7.11 Å². The minimum atomic E-state index is 0.358. The third-order valence-corrected chi connectivity index (χ3v) is 4.48. The normalized spacial score (nSPS) is 12.0. The monoisotopic (exact) mass is 367 g/mol. The molecule has 130 valence electrons. The maximum atomic E-state index is 6.18. The second-order valence-corrected chi connectivity index (χ2v) is 6.54. The Morgan fingerprint density at radius 1 is 1.08 bits per heavy atom. The Bertz CT molecular complexity index is 676. The number of methoxy groups -OCH3 is 1. The summed E-state index contributed by atoms with van der Waals surface area (Å²) in [6.07, 6.45) is 1.10. The van der Waals surface area contributed by atoms with Crippen LogP contribution in [0.15, 0.2) is 36.4 Å². The minimum Gasteiger partial charge on any atom is -0.493 e. The van der Waals surface area contributed by atoms with Gasteiger partial charge in [0.15, 0.2) is 11.5 Å². The zero-order valence-electron chi connectivity index (χ0n) is 14.2. The van der Waals surface area contributed by atoms with E-state index in [1.807, 2.05) is 24.3 Å². The molecular formula is C19H23Cl2NO2. The zero-order valence-corrected chi connectivity index (χ0v) is 15.7. The molecule has 2 rings (SSSR count). The van der Waals surface area contributed by atoms with E-state index in [0.717, 1.165) is 24.1 Å². The number of hydrogen-bond acceptors (Lipinski definition) is 3. The first-order valence-corrected chi connectivity index (χ1v) is 8.76. The number of hydrogen-bond donors (Lipinski definition) is 1. The summed E-state index contributed by atoms with van der Waals surface area (Å²) in [6.45, 7) is 5.49. The number of rotatable bonds is 8. The van der Waals surface area contributed by atoms with Gasteiger partial charge in [-0.3, -0.25) is 0 Å². The Kier molecular flexibility index (Phi) is 7.22. The molecule has 0 unspecified atom stereocenters. The number of halogens is 2. The van der Waals surface area contributed by atoms with Crippen molar-refractivity contribution < 1.29 is 9.47 Å². The molecule has 3 nitrogen and oxygen atoms in total. The lowest BCUT2D eigenvalue weighted by Gasteiger charge is -2.15. The van der Waals surface area contributed by atoms with E-state index in [1.165, 1.54) is 0 Å². The van der Waals surface area contributed by atoms with Crippen molar-refractivity contribution in [3.63, 3.8) is 0 Å². The highest BCUT2D eigenvalue weighted by Crippen LogP contribution is 2.30. The molecule has 0 spiro atoms. The molecule has 0 aliphatic rings. The highest BCUT2D eigenvalue weighted by molar-refractivity contribution is 6.35. The van der Waals surface area contributed by atoms with E-state index < -0.39 is 0 Å². The lowest BCUT2D eigenvalue weighted by atomic mass is 10.1. The third-order valence-electron chi connectivity index (χ3n) is 3.89. The summed E-state index contributed by atoms with van der Waals surface area (Å²) < 4.78 is 11.3. The minimum absolute atomic E-state index is 0.358. The fraction of sp³-hybridized carbons (Fsp3) is 0.368. The first-order chi connectivity index (χ1) is 11.5. The van der Waals surface area contributed by atoms with E-state index in [9.17, 15) is 0 Å². The van der Waals surface area contributed by atoms with Gasteiger partial charge in [-0.2, -0.15) is 0 Å². The summed E-state index contributed by atoms with van der Waals surface area (Å²) in [6, 6.07) is 11.8. The maximum absolute atomic E-state index is 6.18. The summed E-state index contributed by atoms with van der Waals surface area (Å²) in [5.41, 5.74) is 2.04. The third kappa shape index (κ3) is 5.30. The van der Waals surface area contributed by atoms with Crippen LogP contribution >= 0.6 is 23.2 Å². The van der Waals surface area contributed by atoms with Gasteiger partial charge >= 0.3 is 0 Å². The second-order valence-electron chi connectivity index (χ2n) is 5.70. The summed E-state index contributed by atoms with van der Waals surface area (Å²) in [7, 11) is 1.64. The first kappa shape index (κ1) is 18.9. The van der Waals surface area contributed by atoms with Gasteiger partial charge in [0.25, 0.3) is 0 Å². The van der Waals surface area contributed by atoms with E-state index >= 15 is 0 Å². The predicted octanol–water partition coefficient (Wildman–Crippen LogP) is 5.47. The Morgan fingerprint density at radius 2 is 1.88 bits per heavy atom. The van der Waals surface area contributed by atoms with E-state index in [1.54, 1.807) is 19.2 Å². The van der Waals surface area contributed by atoms with Gasteiger partial charge in [-0.1, -0.05) is 42.3 Å². The van der Waals surface area contributed by atoms with Crippen LogP contribution in [0.4, 0.5) is 0 Å². The quantitative estimate of drug-likeness (QED) is 0.670. The van der Waals surface area contributed by atoms with Gasteiger partial charge in [-0.15, -0.1) is 0 Å². The van der Waals surface area contributed by atoms with Gasteiger partial charge in [0.05, 0.1) is 7.11 Å². The van der Waals surface area contributed by atoms with Gasteiger partial charge in [0.2, 0.25) is 0 Å². The molecule has 0 aliphatic carbocycles. The zero-order chi connectivity index (χ0) is 17.5. The molecule has 1 atom stereocenters. The standard InChI is InChI=1S/C19H23Cl2NO2/c1-4-13(2)22-11-14-5-8-18(19(9-14)23-3)24-12-15-6-7-16(20)10-17(15)21/h5-10,13,22H,4,11-12H2,1-3H3/t13-/m0/s1. The first-order valence-electron chi connectivity index (χ1n) is 8.00. The average molecular weight is 368 g/mol. The van der Waals surface area contributed by atoms with Crippen LogP contribution in [0.3, 0.4) is 0 Å². The Hall–Kier alpha value is -1.42. The molecule has 0 radical (unpaired) electrons. The van der Waals surface area contributed by atoms with Crippen LogP contribution in [-0.2, 0) is 13.2 Å². The summed E-state index contributed by atoms with van der Waals surface area (Å²) in [5, 5.41) is 4.67. The molecule has 0 heterocycles. The van der Waals surface area contributed by atoms with E-state index in [4.69, 9.17) is 32.7 Å². The van der Waals surface area contributed by atoms with Crippen molar-refractivity contribution >= 4 is 23.2 Å². The van der Waals surface area contributed by atoms with Crippen molar-refractivity contribution in [3.8, 4) is 11.5 Å². The number of benzene rings is 2. The molecule has 24 heavy (non-hydrogen) atoms. The van der Waals surface area contributed by atoms with Crippen molar-refractivity contribution in [1.29, 1.82) is 0 Å². The highest BCUT2D eigenvalue weighted by atomic mass is 35.5. The van der Waals surface area contributed by atoms with Gasteiger partial charge in [0.1, 0.15) is 6.61 Å². The Balaban J connectivity index is 2.04. The number of nitrogens with one attached hydrogen (secondary N) is 1. The summed E-state index contributed by atoms with van der Waals surface area (Å²) >= 11 is 12.1. The lowest BCUT2D eigenvalue weighted by molar-refractivity contribution is 0.284. The molecule has 0 saturated carbocycles. The molecule has 0 saturated heterocycles. The van der Waals surface area contributed by atoms with Gasteiger partial charge in [0, 0.05) is 28.2 Å². The fourth-order valence-electron chi connectivity index (χ4n) is 2.17. The largest absolute Gasteiger partial charge is 0.493 e. The molecular weight excluding hydrogens is 345 g/mol. The predicted molar refractivity (Wildman–Crippen MR) is 100 cm³/mol. The van der Waals surface area contributed by atoms with Crippen LogP contribution in [-0.4, -0.2) is 13.2 Å². The highest BCUT2D eigenvalue weighted by Gasteiger charge is 2.09. The Morgan fingerprint density at radius 3 is 2.54 bits per heavy atom. The van der Waals surface area contributed by atoms with Crippen molar-refractivity contribution in [2.45, 2.75) is 39.5 Å². The van der Waals surface area contributed by atoms with Crippen molar-refractivity contribution in [3.05, 3.63) is 57.6 Å². The van der Waals surface area contributed by atoms with Gasteiger partial charge < -0.3 is 14.8 Å². The summed E-state index contributed by atoms with van der Waals surface area (Å²) in [5.74, 6) is 1.40. The van der Waals surface area contributed by atoms with Crippen molar-refractivity contribution in [1.82, 2.24) is 5.32 Å². The van der Waals surface area contributed by atoms with Gasteiger partial charge in [-0.25, -0.2) is 0 Å². The van der Waals surface area contributed by atoms with E-state index in [0.29, 0.717) is 34.2 Å². The number of ether oxygens (including phenoxy) is 2. The van der Waals surface area contributed by atoms with Crippen LogP contribution < -0.4 is 14.8 Å².